The molecule has 0 bridgehead atoms. The SMILES string of the molecule is CCCCCCCCCCC=C=CCCCCCCCCCCC. The molecule has 0 aromatic carbocycles. The van der Waals surface area contributed by atoms with E-state index >= 15 is 0 Å². The van der Waals surface area contributed by atoms with Crippen LogP contribution in [-0.4, -0.2) is 0 Å². The first kappa shape index (κ1) is 23.5. The maximum absolute atomic E-state index is 3.38. The van der Waals surface area contributed by atoms with E-state index in [1.807, 2.05) is 0 Å². The van der Waals surface area contributed by atoms with Crippen LogP contribution < -0.4 is 0 Å². The number of allylic oxidation sites excluding steroid dienone is 1. The van der Waals surface area contributed by atoms with Gasteiger partial charge in [0.2, 0.25) is 0 Å². The first-order valence-corrected chi connectivity index (χ1v) is 11.3. The van der Waals surface area contributed by atoms with E-state index in [1.54, 1.807) is 0 Å². The Hall–Kier alpha value is -0.480. The molecule has 0 aliphatic carbocycles. The van der Waals surface area contributed by atoms with Crippen molar-refractivity contribution in [3.05, 3.63) is 17.9 Å². The Morgan fingerprint density at radius 2 is 0.708 bits per heavy atom. The molecule has 24 heavy (non-hydrogen) atoms. The molecule has 0 heterocycles. The zero-order chi connectivity index (χ0) is 17.6. The molecule has 0 amide bonds. The van der Waals surface area contributed by atoms with Crippen LogP contribution in [0.1, 0.15) is 136 Å². The van der Waals surface area contributed by atoms with Crippen LogP contribution in [0.3, 0.4) is 0 Å². The van der Waals surface area contributed by atoms with Gasteiger partial charge in [-0.3, -0.25) is 0 Å². The van der Waals surface area contributed by atoms with Crippen molar-refractivity contribution >= 4 is 0 Å². The van der Waals surface area contributed by atoms with E-state index in [0.29, 0.717) is 0 Å². The molecule has 0 aliphatic heterocycles. The van der Waals surface area contributed by atoms with E-state index in [2.05, 4.69) is 31.7 Å². The van der Waals surface area contributed by atoms with Crippen LogP contribution in [0.2, 0.25) is 0 Å². The van der Waals surface area contributed by atoms with Gasteiger partial charge >= 0.3 is 0 Å². The lowest BCUT2D eigenvalue weighted by Gasteiger charge is -2.00. The van der Waals surface area contributed by atoms with Gasteiger partial charge in [0.15, 0.2) is 0 Å². The van der Waals surface area contributed by atoms with Crippen LogP contribution in [0.25, 0.3) is 0 Å². The maximum atomic E-state index is 3.38. The van der Waals surface area contributed by atoms with Crippen LogP contribution in [0.4, 0.5) is 0 Å². The quantitative estimate of drug-likeness (QED) is 0.163. The summed E-state index contributed by atoms with van der Waals surface area (Å²) in [5, 5.41) is 0. The van der Waals surface area contributed by atoms with Crippen molar-refractivity contribution in [3.8, 4) is 0 Å². The van der Waals surface area contributed by atoms with Crippen LogP contribution >= 0.6 is 0 Å². The second-order valence-electron chi connectivity index (χ2n) is 7.46. The van der Waals surface area contributed by atoms with Crippen LogP contribution in [0.15, 0.2) is 17.9 Å². The lowest BCUT2D eigenvalue weighted by atomic mass is 10.1. The summed E-state index contributed by atoms with van der Waals surface area (Å²) in [5.74, 6) is 0. The zero-order valence-corrected chi connectivity index (χ0v) is 17.1. The molecule has 0 unspecified atom stereocenters. The molecule has 0 aromatic rings. The molecule has 0 fully saturated rings. The van der Waals surface area contributed by atoms with Gasteiger partial charge in [-0.2, -0.15) is 0 Å². The third kappa shape index (κ3) is 21.5. The summed E-state index contributed by atoms with van der Waals surface area (Å²) in [7, 11) is 0. The highest BCUT2D eigenvalue weighted by Gasteiger charge is 1.91. The van der Waals surface area contributed by atoms with Crippen molar-refractivity contribution in [1.29, 1.82) is 0 Å². The fourth-order valence-corrected chi connectivity index (χ4v) is 3.19. The standard InChI is InChI=1S/C24H46/c1-3-5-7-9-11-13-15-17-19-21-23-24-22-20-18-16-14-12-10-8-6-4-2/h21,24H,3-20,22H2,1-2H3. The summed E-state index contributed by atoms with van der Waals surface area (Å²) in [5.41, 5.74) is 3.38. The average Bonchev–Trinajstić information content (AvgIpc) is 2.60. The topological polar surface area (TPSA) is 0 Å². The zero-order valence-electron chi connectivity index (χ0n) is 17.1. The monoisotopic (exact) mass is 334 g/mol. The second-order valence-corrected chi connectivity index (χ2v) is 7.46. The van der Waals surface area contributed by atoms with Gasteiger partial charge in [0, 0.05) is 0 Å². The summed E-state index contributed by atoms with van der Waals surface area (Å²) < 4.78 is 0. The molecule has 0 nitrogen and oxygen atoms in total. The van der Waals surface area contributed by atoms with Gasteiger partial charge in [0.25, 0.3) is 0 Å². The molecule has 0 aliphatic rings. The molecule has 0 atom stereocenters. The van der Waals surface area contributed by atoms with E-state index in [4.69, 9.17) is 0 Å². The third-order valence-electron chi connectivity index (χ3n) is 4.89. The van der Waals surface area contributed by atoms with Gasteiger partial charge < -0.3 is 0 Å². The van der Waals surface area contributed by atoms with Crippen molar-refractivity contribution in [2.75, 3.05) is 0 Å². The highest BCUT2D eigenvalue weighted by Crippen LogP contribution is 2.11. The molecule has 142 valence electrons. The van der Waals surface area contributed by atoms with Crippen molar-refractivity contribution in [2.24, 2.45) is 0 Å². The summed E-state index contributed by atoms with van der Waals surface area (Å²) >= 11 is 0. The van der Waals surface area contributed by atoms with Gasteiger partial charge in [0.05, 0.1) is 0 Å². The summed E-state index contributed by atoms with van der Waals surface area (Å²) in [6.45, 7) is 4.58. The number of hydrogen-bond acceptors (Lipinski definition) is 0. The average molecular weight is 335 g/mol. The predicted molar refractivity (Wildman–Crippen MR) is 112 cm³/mol. The normalized spacial score (nSPS) is 10.6. The largest absolute Gasteiger partial charge is 0.130 e. The summed E-state index contributed by atoms with van der Waals surface area (Å²) in [6.07, 6.45) is 31.0. The Morgan fingerprint density at radius 1 is 0.417 bits per heavy atom. The highest BCUT2D eigenvalue weighted by molar-refractivity contribution is 4.84. The molecular formula is C24H46. The van der Waals surface area contributed by atoms with Crippen LogP contribution in [-0.2, 0) is 0 Å². The van der Waals surface area contributed by atoms with E-state index in [1.165, 1.54) is 122 Å². The fraction of sp³-hybridized carbons (Fsp3) is 0.875. The Kier molecular flexibility index (Phi) is 22.1. The van der Waals surface area contributed by atoms with Crippen LogP contribution in [0, 0.1) is 0 Å². The highest BCUT2D eigenvalue weighted by atomic mass is 14.0. The summed E-state index contributed by atoms with van der Waals surface area (Å²) in [4.78, 5) is 0. The van der Waals surface area contributed by atoms with Gasteiger partial charge in [-0.1, -0.05) is 110 Å². The van der Waals surface area contributed by atoms with E-state index in [0.717, 1.165) is 0 Å². The Balaban J connectivity index is 3.15. The van der Waals surface area contributed by atoms with Crippen molar-refractivity contribution < 1.29 is 0 Å². The second kappa shape index (κ2) is 22.5. The minimum atomic E-state index is 1.23. The Bertz CT molecular complexity index is 270. The minimum Gasteiger partial charge on any atom is -0.130 e. The van der Waals surface area contributed by atoms with Crippen LogP contribution in [0.5, 0.6) is 0 Å². The lowest BCUT2D eigenvalue weighted by Crippen LogP contribution is -1.80. The van der Waals surface area contributed by atoms with Gasteiger partial charge in [0.1, 0.15) is 0 Å². The van der Waals surface area contributed by atoms with E-state index in [-0.39, 0.29) is 0 Å². The van der Waals surface area contributed by atoms with Crippen molar-refractivity contribution in [1.82, 2.24) is 0 Å². The molecule has 0 saturated carbocycles. The Morgan fingerprint density at radius 3 is 1.04 bits per heavy atom. The first-order valence-electron chi connectivity index (χ1n) is 11.3. The van der Waals surface area contributed by atoms with Crippen molar-refractivity contribution in [2.45, 2.75) is 136 Å². The van der Waals surface area contributed by atoms with Gasteiger partial charge in [-0.25, -0.2) is 0 Å². The van der Waals surface area contributed by atoms with Crippen molar-refractivity contribution in [3.63, 3.8) is 0 Å². The van der Waals surface area contributed by atoms with E-state index in [9.17, 15) is 0 Å². The summed E-state index contributed by atoms with van der Waals surface area (Å²) in [6, 6.07) is 0. The molecule has 0 spiro atoms. The molecular weight excluding hydrogens is 288 g/mol. The molecule has 0 heteroatoms. The molecule has 0 radical (unpaired) electrons. The third-order valence-corrected chi connectivity index (χ3v) is 4.89. The minimum absolute atomic E-state index is 1.23. The molecule has 0 rings (SSSR count). The smallest absolute Gasteiger partial charge is 0.0274 e. The Labute approximate surface area is 154 Å². The van der Waals surface area contributed by atoms with Gasteiger partial charge in [-0.05, 0) is 37.8 Å². The first-order chi connectivity index (χ1) is 11.9. The molecule has 0 N–H and O–H groups in total. The number of rotatable bonds is 19. The number of unbranched alkanes of at least 4 members (excludes halogenated alkanes) is 17. The molecule has 0 saturated heterocycles. The van der Waals surface area contributed by atoms with Gasteiger partial charge in [-0.15, -0.1) is 5.73 Å². The van der Waals surface area contributed by atoms with E-state index < -0.39 is 0 Å². The fourth-order valence-electron chi connectivity index (χ4n) is 3.19. The predicted octanol–water partition coefficient (Wildman–Crippen LogP) is 9.15. The lowest BCUT2D eigenvalue weighted by molar-refractivity contribution is 0.566. The molecule has 0 aromatic heterocycles. The maximum Gasteiger partial charge on any atom is -0.0274 e. The number of hydrogen-bond donors (Lipinski definition) is 0.